The van der Waals surface area contributed by atoms with Crippen molar-refractivity contribution in [3.8, 4) is 28.0 Å². The number of ether oxygens (including phenoxy) is 1. The summed E-state index contributed by atoms with van der Waals surface area (Å²) in [4.78, 5) is 2.38. The molecule has 14 rings (SSSR count). The van der Waals surface area contributed by atoms with Gasteiger partial charge < -0.3 is 14.1 Å². The Morgan fingerprint density at radius 3 is 1.82 bits per heavy atom. The topological polar surface area (TPSA) is 25.6 Å². The molecule has 4 atom stereocenters. The maximum Gasteiger partial charge on any atom is 0.136 e. The van der Waals surface area contributed by atoms with Gasteiger partial charge in [0, 0.05) is 51.2 Å². The molecule has 2 heterocycles. The van der Waals surface area contributed by atoms with Gasteiger partial charge in [0.25, 0.3) is 0 Å². The lowest BCUT2D eigenvalue weighted by Crippen LogP contribution is -2.19. The van der Waals surface area contributed by atoms with Crippen LogP contribution in [0.2, 0.25) is 0 Å². The van der Waals surface area contributed by atoms with Crippen LogP contribution >= 0.6 is 0 Å². The van der Waals surface area contributed by atoms with E-state index in [1.165, 1.54) is 71.6 Å². The minimum atomic E-state index is 0.0125. The van der Waals surface area contributed by atoms with Crippen molar-refractivity contribution in [2.45, 2.75) is 43.1 Å². The molecule has 1 aliphatic heterocycles. The third-order valence-electron chi connectivity index (χ3n) is 15.9. The van der Waals surface area contributed by atoms with E-state index in [1.54, 1.807) is 0 Å². The van der Waals surface area contributed by atoms with Gasteiger partial charge in [0.1, 0.15) is 23.0 Å². The molecule has 0 fully saturated rings. The van der Waals surface area contributed by atoms with Gasteiger partial charge in [-0.25, -0.2) is 0 Å². The van der Waals surface area contributed by atoms with E-state index in [0.717, 1.165) is 64.0 Å². The zero-order valence-corrected chi connectivity index (χ0v) is 41.0. The van der Waals surface area contributed by atoms with Gasteiger partial charge in [-0.15, -0.1) is 0 Å². The Bertz CT molecular complexity index is 4010. The van der Waals surface area contributed by atoms with Crippen LogP contribution in [-0.2, 0) is 0 Å². The van der Waals surface area contributed by atoms with Gasteiger partial charge in [0.15, 0.2) is 0 Å². The fourth-order valence-corrected chi connectivity index (χ4v) is 12.0. The van der Waals surface area contributed by atoms with Gasteiger partial charge in [0.05, 0.1) is 0 Å². The quantitative estimate of drug-likeness (QED) is 0.129. The SMILES string of the molecule is C1=CC(c2ccc(N(c3ccc(-c4ccccc4)cc3)c3ccc4oc5ccc6ccccc6c5c4c3)cc2)CC=C1CCC(C1=CC2c3c(ccc4ccccc34)OC2C=C1)c1ccc(-c2ccccc2)cc1. The average Bonchev–Trinajstić information content (AvgIpc) is 4.05. The van der Waals surface area contributed by atoms with E-state index >= 15 is 0 Å². The molecular weight excluding hydrogens is 899 g/mol. The van der Waals surface area contributed by atoms with Crippen LogP contribution in [0.3, 0.4) is 0 Å². The van der Waals surface area contributed by atoms with Crippen LogP contribution < -0.4 is 9.64 Å². The van der Waals surface area contributed by atoms with Crippen molar-refractivity contribution in [2.24, 2.45) is 0 Å². The number of benzene rings is 10. The summed E-state index contributed by atoms with van der Waals surface area (Å²) in [6.45, 7) is 0. The maximum absolute atomic E-state index is 6.58. The molecule has 0 saturated heterocycles. The Kier molecular flexibility index (Phi) is 11.0. The molecule has 11 aromatic rings. The molecule has 10 aromatic carbocycles. The van der Waals surface area contributed by atoms with Gasteiger partial charge in [-0.1, -0.05) is 206 Å². The molecule has 0 bridgehead atoms. The molecule has 3 aliphatic rings. The minimum Gasteiger partial charge on any atom is -0.485 e. The van der Waals surface area contributed by atoms with Crippen LogP contribution in [0.25, 0.3) is 65.7 Å². The molecule has 3 nitrogen and oxygen atoms in total. The summed E-state index contributed by atoms with van der Waals surface area (Å²) >= 11 is 0. The van der Waals surface area contributed by atoms with Gasteiger partial charge in [-0.05, 0) is 140 Å². The van der Waals surface area contributed by atoms with Gasteiger partial charge >= 0.3 is 0 Å². The van der Waals surface area contributed by atoms with Crippen molar-refractivity contribution in [2.75, 3.05) is 4.90 Å². The highest BCUT2D eigenvalue weighted by Gasteiger charge is 2.36. The first kappa shape index (κ1) is 43.8. The Morgan fingerprint density at radius 1 is 0.500 bits per heavy atom. The largest absolute Gasteiger partial charge is 0.485 e. The number of rotatable bonds is 11. The highest BCUT2D eigenvalue weighted by atomic mass is 16.5. The van der Waals surface area contributed by atoms with E-state index in [0.29, 0.717) is 5.92 Å². The van der Waals surface area contributed by atoms with Crippen molar-refractivity contribution in [3.63, 3.8) is 0 Å². The second-order valence-electron chi connectivity index (χ2n) is 20.2. The molecule has 1 aromatic heterocycles. The molecule has 0 radical (unpaired) electrons. The van der Waals surface area contributed by atoms with Crippen molar-refractivity contribution < 1.29 is 9.15 Å². The van der Waals surface area contributed by atoms with Crippen LogP contribution in [0.4, 0.5) is 17.1 Å². The summed E-state index contributed by atoms with van der Waals surface area (Å²) < 4.78 is 13.0. The number of hydrogen-bond acceptors (Lipinski definition) is 3. The third kappa shape index (κ3) is 8.02. The van der Waals surface area contributed by atoms with Crippen molar-refractivity contribution in [1.29, 1.82) is 0 Å². The van der Waals surface area contributed by atoms with Crippen LogP contribution in [0.1, 0.15) is 53.7 Å². The van der Waals surface area contributed by atoms with Crippen LogP contribution in [-0.4, -0.2) is 6.10 Å². The van der Waals surface area contributed by atoms with Crippen molar-refractivity contribution in [3.05, 3.63) is 289 Å². The highest BCUT2D eigenvalue weighted by Crippen LogP contribution is 2.49. The Labute approximate surface area is 432 Å². The average molecular weight is 952 g/mol. The number of fused-ring (bicyclic) bond motifs is 10. The second kappa shape index (κ2) is 18.6. The molecule has 0 saturated carbocycles. The first-order chi connectivity index (χ1) is 36.6. The predicted octanol–water partition coefficient (Wildman–Crippen LogP) is 19.3. The highest BCUT2D eigenvalue weighted by molar-refractivity contribution is 6.19. The van der Waals surface area contributed by atoms with Gasteiger partial charge in [-0.3, -0.25) is 0 Å². The van der Waals surface area contributed by atoms with Crippen molar-refractivity contribution >= 4 is 60.5 Å². The molecule has 0 spiro atoms. The zero-order valence-electron chi connectivity index (χ0n) is 41.0. The molecule has 4 unspecified atom stereocenters. The van der Waals surface area contributed by atoms with E-state index in [9.17, 15) is 0 Å². The van der Waals surface area contributed by atoms with Crippen LogP contribution in [0.15, 0.2) is 276 Å². The second-order valence-corrected chi connectivity index (χ2v) is 20.2. The first-order valence-corrected chi connectivity index (χ1v) is 26.2. The fourth-order valence-electron chi connectivity index (χ4n) is 12.0. The number of nitrogens with zero attached hydrogens (tertiary/aromatic N) is 1. The molecule has 3 heteroatoms. The van der Waals surface area contributed by atoms with Crippen molar-refractivity contribution in [1.82, 2.24) is 0 Å². The normalized spacial score (nSPS) is 17.2. The summed E-state index contributed by atoms with van der Waals surface area (Å²) in [5.41, 5.74) is 16.7. The lowest BCUT2D eigenvalue weighted by Gasteiger charge is -2.27. The molecule has 354 valence electrons. The summed E-state index contributed by atoms with van der Waals surface area (Å²) in [6.07, 6.45) is 17.5. The number of hydrogen-bond donors (Lipinski definition) is 0. The van der Waals surface area contributed by atoms with E-state index in [1.807, 2.05) is 0 Å². The standard InChI is InChI=1S/C71H53NO2/c1-3-11-48(12-4-1)51-24-26-56(27-25-51)61(57-34-41-66-64(45-57)70-62-17-9-7-15-54(62)32-42-68(70)73-66)40-21-47-19-22-50(23-20-47)53-30-37-59(38-31-53)72(58-35-28-52(29-36-58)49-13-5-2-6-14-49)60-39-44-67-65(46-60)71-63-18-10-8-16-55(63)33-43-69(71)74-67/h1-20,22,24-39,41-46,50,61,64,66H,21,23,40H2. The number of furan rings is 1. The predicted molar refractivity (Wildman–Crippen MR) is 308 cm³/mol. The Morgan fingerprint density at radius 2 is 1.11 bits per heavy atom. The zero-order chi connectivity index (χ0) is 49.0. The minimum absolute atomic E-state index is 0.0125. The fraction of sp³-hybridized carbons (Fsp3) is 0.0986. The van der Waals surface area contributed by atoms with Gasteiger partial charge in [0.2, 0.25) is 0 Å². The van der Waals surface area contributed by atoms with Gasteiger partial charge in [-0.2, -0.15) is 0 Å². The molecular formula is C71H53NO2. The van der Waals surface area contributed by atoms with E-state index in [4.69, 9.17) is 9.15 Å². The monoisotopic (exact) mass is 951 g/mol. The third-order valence-corrected chi connectivity index (χ3v) is 15.9. The van der Waals surface area contributed by atoms with E-state index in [2.05, 4.69) is 266 Å². The van der Waals surface area contributed by atoms with E-state index in [-0.39, 0.29) is 17.9 Å². The molecule has 2 aliphatic carbocycles. The summed E-state index contributed by atoms with van der Waals surface area (Å²) in [7, 11) is 0. The maximum atomic E-state index is 6.58. The molecule has 74 heavy (non-hydrogen) atoms. The Balaban J connectivity index is 0.740. The number of anilines is 3. The summed E-state index contributed by atoms with van der Waals surface area (Å²) in [5, 5.41) is 7.22. The number of allylic oxidation sites excluding steroid dienone is 6. The molecule has 0 amide bonds. The lowest BCUT2D eigenvalue weighted by atomic mass is 9.78. The smallest absolute Gasteiger partial charge is 0.136 e. The summed E-state index contributed by atoms with van der Waals surface area (Å²) in [6, 6.07) is 81.3. The van der Waals surface area contributed by atoms with Crippen LogP contribution in [0, 0.1) is 0 Å². The molecule has 0 N–H and O–H groups in total. The lowest BCUT2D eigenvalue weighted by molar-refractivity contribution is 0.268. The first-order valence-electron chi connectivity index (χ1n) is 26.2. The van der Waals surface area contributed by atoms with Crippen LogP contribution in [0.5, 0.6) is 5.75 Å². The Hall–Kier alpha value is -8.92. The summed E-state index contributed by atoms with van der Waals surface area (Å²) in [5.74, 6) is 1.72. The van der Waals surface area contributed by atoms with E-state index < -0.39 is 0 Å².